The van der Waals surface area contributed by atoms with Gasteiger partial charge in [-0.15, -0.1) is 0 Å². The van der Waals surface area contributed by atoms with Crippen LogP contribution < -0.4 is 0 Å². The van der Waals surface area contributed by atoms with Crippen LogP contribution in [0.4, 0.5) is 5.69 Å². The molecule has 5 nitrogen and oxygen atoms in total. The molecule has 2 aliphatic carbocycles. The van der Waals surface area contributed by atoms with E-state index in [2.05, 4.69) is 0 Å². The van der Waals surface area contributed by atoms with Gasteiger partial charge in [-0.05, 0) is 23.8 Å². The Hall–Kier alpha value is -2.17. The minimum atomic E-state index is -0.812. The van der Waals surface area contributed by atoms with Gasteiger partial charge in [0.05, 0.1) is 10.8 Å². The van der Waals surface area contributed by atoms with Crippen LogP contribution in [0.25, 0.3) is 0 Å². The molecule has 5 heteroatoms. The molecule has 0 heterocycles. The fourth-order valence-corrected chi connectivity index (χ4v) is 3.46. The van der Waals surface area contributed by atoms with Gasteiger partial charge in [-0.1, -0.05) is 24.3 Å². The number of nitro benzene ring substituents is 1. The van der Waals surface area contributed by atoms with Crippen molar-refractivity contribution in [2.24, 2.45) is 17.8 Å². The van der Waals surface area contributed by atoms with E-state index in [9.17, 15) is 20.0 Å². The van der Waals surface area contributed by atoms with E-state index in [1.807, 2.05) is 12.2 Å². The first kappa shape index (κ1) is 11.9. The number of hydrogen-bond donors (Lipinski definition) is 1. The van der Waals surface area contributed by atoms with E-state index in [0.29, 0.717) is 0 Å². The van der Waals surface area contributed by atoms with Crippen LogP contribution in [-0.4, -0.2) is 16.0 Å². The Kier molecular flexibility index (Phi) is 2.62. The molecule has 0 amide bonds. The van der Waals surface area contributed by atoms with Crippen LogP contribution in [0.5, 0.6) is 0 Å². The number of non-ortho nitro benzene ring substituents is 1. The van der Waals surface area contributed by atoms with Crippen molar-refractivity contribution in [2.75, 3.05) is 0 Å². The summed E-state index contributed by atoms with van der Waals surface area (Å²) in [5, 5.41) is 20.2. The van der Waals surface area contributed by atoms with Gasteiger partial charge in [-0.3, -0.25) is 14.9 Å². The molecule has 0 aromatic heterocycles. The third-order valence-electron chi connectivity index (χ3n) is 4.21. The van der Waals surface area contributed by atoms with Crippen LogP contribution in [0.1, 0.15) is 17.9 Å². The number of benzene rings is 1. The predicted molar refractivity (Wildman–Crippen MR) is 67.7 cm³/mol. The molecule has 0 radical (unpaired) electrons. The van der Waals surface area contributed by atoms with E-state index in [-0.39, 0.29) is 23.4 Å². The number of aliphatic carboxylic acids is 1. The molecule has 0 aliphatic heterocycles. The summed E-state index contributed by atoms with van der Waals surface area (Å²) in [7, 11) is 0. The number of nitrogens with zero attached hydrogens (tertiary/aromatic N) is 1. The van der Waals surface area contributed by atoms with Gasteiger partial charge in [0.25, 0.3) is 5.69 Å². The van der Waals surface area contributed by atoms with Gasteiger partial charge >= 0.3 is 5.97 Å². The minimum absolute atomic E-state index is 0.0217. The van der Waals surface area contributed by atoms with E-state index in [4.69, 9.17) is 0 Å². The summed E-state index contributed by atoms with van der Waals surface area (Å²) in [6, 6.07) is 6.36. The molecular weight excluding hydrogens is 246 g/mol. The SMILES string of the molecule is O=C(O)[C@H]1[C@H](c2cccc([N+](=O)[O-])c2)[C@H]2C=C[C@H]1C2. The number of allylic oxidation sites excluding steroid dienone is 2. The molecule has 1 fully saturated rings. The lowest BCUT2D eigenvalue weighted by Crippen LogP contribution is -2.25. The Morgan fingerprint density at radius 3 is 2.74 bits per heavy atom. The number of hydrogen-bond acceptors (Lipinski definition) is 3. The molecule has 98 valence electrons. The van der Waals surface area contributed by atoms with Gasteiger partial charge in [0.2, 0.25) is 0 Å². The summed E-state index contributed by atoms with van der Waals surface area (Å²) in [6.07, 6.45) is 4.86. The Bertz CT molecular complexity index is 581. The van der Waals surface area contributed by atoms with E-state index in [0.717, 1.165) is 12.0 Å². The predicted octanol–water partition coefficient (Wildman–Crippen LogP) is 2.59. The summed E-state index contributed by atoms with van der Waals surface area (Å²) < 4.78 is 0. The highest BCUT2D eigenvalue weighted by Crippen LogP contribution is 2.53. The third-order valence-corrected chi connectivity index (χ3v) is 4.21. The Balaban J connectivity index is 2.01. The molecular formula is C14H13NO4. The number of fused-ring (bicyclic) bond motifs is 2. The van der Waals surface area contributed by atoms with Crippen molar-refractivity contribution in [1.29, 1.82) is 0 Å². The molecule has 1 aromatic carbocycles. The first-order valence-electron chi connectivity index (χ1n) is 6.23. The highest BCUT2D eigenvalue weighted by Gasteiger charge is 2.49. The van der Waals surface area contributed by atoms with Gasteiger partial charge in [-0.25, -0.2) is 0 Å². The van der Waals surface area contributed by atoms with Crippen molar-refractivity contribution < 1.29 is 14.8 Å². The van der Waals surface area contributed by atoms with Gasteiger partial charge in [-0.2, -0.15) is 0 Å². The zero-order valence-corrected chi connectivity index (χ0v) is 10.1. The second-order valence-electron chi connectivity index (χ2n) is 5.19. The largest absolute Gasteiger partial charge is 0.481 e. The number of carboxylic acids is 1. The second kappa shape index (κ2) is 4.19. The summed E-state index contributed by atoms with van der Waals surface area (Å²) >= 11 is 0. The molecule has 2 bridgehead atoms. The molecule has 2 aliphatic rings. The average molecular weight is 259 g/mol. The molecule has 1 aromatic rings. The van der Waals surface area contributed by atoms with E-state index in [1.165, 1.54) is 12.1 Å². The number of carboxylic acid groups (broad SMARTS) is 1. The minimum Gasteiger partial charge on any atom is -0.481 e. The Morgan fingerprint density at radius 1 is 1.32 bits per heavy atom. The Morgan fingerprint density at radius 2 is 2.05 bits per heavy atom. The van der Waals surface area contributed by atoms with Crippen LogP contribution in [0.2, 0.25) is 0 Å². The fraction of sp³-hybridized carbons (Fsp3) is 0.357. The van der Waals surface area contributed by atoms with Crippen molar-refractivity contribution in [1.82, 2.24) is 0 Å². The van der Waals surface area contributed by atoms with Crippen LogP contribution in [0, 0.1) is 27.9 Å². The van der Waals surface area contributed by atoms with Crippen LogP contribution in [-0.2, 0) is 4.79 Å². The normalized spacial score (nSPS) is 31.6. The summed E-state index contributed by atoms with van der Waals surface area (Å²) in [5.41, 5.74) is 0.784. The Labute approximate surface area is 109 Å². The maximum atomic E-state index is 11.4. The topological polar surface area (TPSA) is 80.4 Å². The average Bonchev–Trinajstić information content (AvgIpc) is 2.98. The summed E-state index contributed by atoms with van der Waals surface area (Å²) in [5.74, 6) is -1.17. The van der Waals surface area contributed by atoms with Gasteiger partial charge in [0.15, 0.2) is 0 Å². The first-order chi connectivity index (χ1) is 9.08. The van der Waals surface area contributed by atoms with Crippen LogP contribution >= 0.6 is 0 Å². The lowest BCUT2D eigenvalue weighted by Gasteiger charge is -2.25. The molecule has 0 spiro atoms. The zero-order valence-electron chi connectivity index (χ0n) is 10.1. The van der Waals surface area contributed by atoms with Crippen molar-refractivity contribution in [3.05, 3.63) is 52.1 Å². The maximum absolute atomic E-state index is 11.4. The van der Waals surface area contributed by atoms with E-state index >= 15 is 0 Å². The van der Waals surface area contributed by atoms with Crippen molar-refractivity contribution in [2.45, 2.75) is 12.3 Å². The maximum Gasteiger partial charge on any atom is 0.307 e. The summed E-state index contributed by atoms with van der Waals surface area (Å²) in [4.78, 5) is 21.8. The molecule has 19 heavy (non-hydrogen) atoms. The van der Waals surface area contributed by atoms with Crippen LogP contribution in [0.3, 0.4) is 0 Å². The molecule has 1 saturated carbocycles. The lowest BCUT2D eigenvalue weighted by atomic mass is 9.78. The quantitative estimate of drug-likeness (QED) is 0.514. The zero-order chi connectivity index (χ0) is 13.6. The van der Waals surface area contributed by atoms with Crippen molar-refractivity contribution in [3.63, 3.8) is 0 Å². The molecule has 0 unspecified atom stereocenters. The molecule has 0 saturated heterocycles. The molecule has 4 atom stereocenters. The fourth-order valence-electron chi connectivity index (χ4n) is 3.46. The van der Waals surface area contributed by atoms with Gasteiger partial charge < -0.3 is 5.11 Å². The van der Waals surface area contributed by atoms with Gasteiger partial charge in [0, 0.05) is 18.1 Å². The first-order valence-corrected chi connectivity index (χ1v) is 6.23. The van der Waals surface area contributed by atoms with E-state index in [1.54, 1.807) is 12.1 Å². The number of carbonyl (C=O) groups is 1. The van der Waals surface area contributed by atoms with Crippen molar-refractivity contribution in [3.8, 4) is 0 Å². The highest BCUT2D eigenvalue weighted by molar-refractivity contribution is 5.73. The monoisotopic (exact) mass is 259 g/mol. The summed E-state index contributed by atoms with van der Waals surface area (Å²) in [6.45, 7) is 0. The lowest BCUT2D eigenvalue weighted by molar-refractivity contribution is -0.384. The highest BCUT2D eigenvalue weighted by atomic mass is 16.6. The number of rotatable bonds is 3. The van der Waals surface area contributed by atoms with Crippen LogP contribution in [0.15, 0.2) is 36.4 Å². The standard InChI is InChI=1S/C14H13NO4/c16-14(17)13-10-5-4-9(6-10)12(13)8-2-1-3-11(7-8)15(18)19/h1-5,7,9-10,12-13H,6H2,(H,16,17)/t9-,10-,12+,13+/m0/s1. The number of nitro groups is 1. The molecule has 3 rings (SSSR count). The second-order valence-corrected chi connectivity index (χ2v) is 5.19. The molecule has 1 N–H and O–H groups in total. The smallest absolute Gasteiger partial charge is 0.307 e. The van der Waals surface area contributed by atoms with Gasteiger partial charge in [0.1, 0.15) is 0 Å². The van der Waals surface area contributed by atoms with E-state index < -0.39 is 16.8 Å². The third kappa shape index (κ3) is 1.82. The van der Waals surface area contributed by atoms with Crippen molar-refractivity contribution >= 4 is 11.7 Å².